The Hall–Kier alpha value is -2.47. The van der Waals surface area contributed by atoms with Gasteiger partial charge < -0.3 is 14.8 Å². The van der Waals surface area contributed by atoms with Crippen molar-refractivity contribution in [1.29, 1.82) is 0 Å². The maximum absolute atomic E-state index is 13.2. The summed E-state index contributed by atoms with van der Waals surface area (Å²) in [5, 5.41) is 9.21. The summed E-state index contributed by atoms with van der Waals surface area (Å²) < 4.78 is 6.52. The monoisotopic (exact) mass is 406 g/mol. The van der Waals surface area contributed by atoms with Crippen LogP contribution in [0.1, 0.15) is 55.7 Å². The summed E-state index contributed by atoms with van der Waals surface area (Å²) >= 11 is 0. The van der Waals surface area contributed by atoms with Gasteiger partial charge in [-0.25, -0.2) is 9.78 Å². The quantitative estimate of drug-likeness (QED) is 0.803. The fraction of sp³-hybridized carbons (Fsp3) is 0.542. The van der Waals surface area contributed by atoms with Gasteiger partial charge in [-0.3, -0.25) is 4.79 Å². The van der Waals surface area contributed by atoms with Gasteiger partial charge in [0.2, 0.25) is 0 Å². The second-order valence-electron chi connectivity index (χ2n) is 10.3. The van der Waals surface area contributed by atoms with E-state index in [1.165, 1.54) is 0 Å². The molecular formula is C24H26N2O4. The maximum atomic E-state index is 13.2. The zero-order valence-corrected chi connectivity index (χ0v) is 17.3. The van der Waals surface area contributed by atoms with Crippen molar-refractivity contribution in [2.24, 2.45) is 22.7 Å². The molecule has 1 unspecified atom stereocenters. The summed E-state index contributed by atoms with van der Waals surface area (Å²) in [6.45, 7) is 4.37. The number of carbonyl (C=O) groups is 2. The van der Waals surface area contributed by atoms with Crippen molar-refractivity contribution in [2.45, 2.75) is 57.7 Å². The minimum absolute atomic E-state index is 0.0204. The molecule has 30 heavy (non-hydrogen) atoms. The van der Waals surface area contributed by atoms with Crippen LogP contribution < -0.4 is 0 Å². The van der Waals surface area contributed by atoms with Crippen LogP contribution in [0.3, 0.4) is 0 Å². The van der Waals surface area contributed by atoms with Gasteiger partial charge in [0.05, 0.1) is 28.3 Å². The van der Waals surface area contributed by atoms with Gasteiger partial charge in [0.15, 0.2) is 5.78 Å². The number of hydrogen-bond acceptors (Lipinski definition) is 4. The number of hydrogen-bond donors (Lipinski definition) is 2. The molecule has 2 saturated heterocycles. The molecule has 3 heterocycles. The summed E-state index contributed by atoms with van der Waals surface area (Å²) in [5.74, 6) is 0.872. The molecule has 0 radical (unpaired) electrons. The molecule has 1 aromatic heterocycles. The Morgan fingerprint density at radius 2 is 2.20 bits per heavy atom. The van der Waals surface area contributed by atoms with Gasteiger partial charge in [-0.1, -0.05) is 13.0 Å². The molecule has 2 aliphatic heterocycles. The van der Waals surface area contributed by atoms with E-state index in [0.29, 0.717) is 18.8 Å². The number of ether oxygens (including phenoxy) is 1. The third-order valence-electron chi connectivity index (χ3n) is 8.57. The van der Waals surface area contributed by atoms with Gasteiger partial charge in [0, 0.05) is 17.8 Å². The number of benzene rings is 1. The van der Waals surface area contributed by atoms with Gasteiger partial charge in [-0.2, -0.15) is 0 Å². The molecule has 2 N–H and O–H groups in total. The van der Waals surface area contributed by atoms with Crippen molar-refractivity contribution in [3.8, 4) is 0 Å². The van der Waals surface area contributed by atoms with E-state index < -0.39 is 11.4 Å². The number of fused-ring (bicyclic) bond motifs is 1. The number of H-pyrrole nitrogens is 1. The molecule has 6 atom stereocenters. The maximum Gasteiger partial charge on any atom is 0.335 e. The number of allylic oxidation sites excluding steroid dienone is 2. The second-order valence-corrected chi connectivity index (χ2v) is 10.3. The molecule has 4 bridgehead atoms. The molecular weight excluding hydrogens is 380 g/mol. The Bertz CT molecular complexity index is 1140. The normalized spacial score (nSPS) is 41.0. The first-order valence-electron chi connectivity index (χ1n) is 10.9. The molecule has 1 aromatic carbocycles. The highest BCUT2D eigenvalue weighted by Gasteiger charge is 2.71. The smallest absolute Gasteiger partial charge is 0.335 e. The van der Waals surface area contributed by atoms with Crippen LogP contribution in [0, 0.1) is 22.7 Å². The van der Waals surface area contributed by atoms with Crippen LogP contribution >= 0.6 is 0 Å². The predicted octanol–water partition coefficient (Wildman–Crippen LogP) is 3.91. The van der Waals surface area contributed by atoms with Gasteiger partial charge in [0.25, 0.3) is 0 Å². The number of carboxylic acid groups (broad SMARTS) is 1. The molecule has 2 aromatic rings. The van der Waals surface area contributed by atoms with Crippen LogP contribution in [0.5, 0.6) is 0 Å². The Morgan fingerprint density at radius 1 is 1.37 bits per heavy atom. The molecule has 2 saturated carbocycles. The Balaban J connectivity index is 1.30. The first kappa shape index (κ1) is 18.3. The number of nitrogens with zero attached hydrogens (tertiary/aromatic N) is 1. The molecule has 3 aliphatic carbocycles. The third kappa shape index (κ3) is 2.26. The highest BCUT2D eigenvalue weighted by molar-refractivity contribution is 5.96. The van der Waals surface area contributed by atoms with E-state index in [0.717, 1.165) is 36.1 Å². The number of carbonyl (C=O) groups excluding carboxylic acids is 1. The topological polar surface area (TPSA) is 92.3 Å². The Morgan fingerprint density at radius 3 is 2.97 bits per heavy atom. The van der Waals surface area contributed by atoms with E-state index in [1.54, 1.807) is 18.2 Å². The van der Waals surface area contributed by atoms with E-state index in [4.69, 9.17) is 4.74 Å². The number of ketones is 1. The summed E-state index contributed by atoms with van der Waals surface area (Å²) in [6.07, 6.45) is 8.79. The van der Waals surface area contributed by atoms with E-state index >= 15 is 0 Å². The highest BCUT2D eigenvalue weighted by Crippen LogP contribution is 2.71. The lowest BCUT2D eigenvalue weighted by Gasteiger charge is -2.55. The van der Waals surface area contributed by atoms with Gasteiger partial charge in [-0.05, 0) is 68.2 Å². The van der Waals surface area contributed by atoms with Gasteiger partial charge >= 0.3 is 5.97 Å². The zero-order valence-electron chi connectivity index (χ0n) is 17.3. The minimum Gasteiger partial charge on any atom is -0.478 e. The number of nitrogens with one attached hydrogen (secondary N) is 1. The van der Waals surface area contributed by atoms with E-state index in [1.807, 2.05) is 6.08 Å². The van der Waals surface area contributed by atoms with Crippen molar-refractivity contribution in [3.63, 3.8) is 0 Å². The molecule has 7 rings (SSSR count). The lowest BCUT2D eigenvalue weighted by molar-refractivity contribution is -0.168. The summed E-state index contributed by atoms with van der Waals surface area (Å²) in [4.78, 5) is 32.3. The third-order valence-corrected chi connectivity index (χ3v) is 8.57. The number of aryl methyl sites for hydroxylation is 1. The number of rotatable bonds is 4. The number of aromatic carboxylic acids is 1. The SMILES string of the molecule is C[C@]12C[C@@]34C=CC(=O)[C@@](C)(CCc5nc6ccc(C(=O)O)cc6[nH]5)[C@@H]3[C@H](CC1C4)O2. The molecule has 156 valence electrons. The van der Waals surface area contributed by atoms with Crippen LogP contribution in [0.2, 0.25) is 0 Å². The van der Waals surface area contributed by atoms with Crippen molar-refractivity contribution >= 4 is 22.8 Å². The average molecular weight is 406 g/mol. The lowest BCUT2D eigenvalue weighted by Crippen LogP contribution is -2.56. The lowest BCUT2D eigenvalue weighted by atomic mass is 9.51. The van der Waals surface area contributed by atoms with Gasteiger partial charge in [0.1, 0.15) is 5.82 Å². The summed E-state index contributed by atoms with van der Waals surface area (Å²) in [7, 11) is 0. The second kappa shape index (κ2) is 5.61. The Kier molecular flexibility index (Phi) is 3.42. The first-order chi connectivity index (χ1) is 14.2. The van der Waals surface area contributed by atoms with Crippen molar-refractivity contribution in [3.05, 3.63) is 41.7 Å². The van der Waals surface area contributed by atoms with Crippen molar-refractivity contribution in [2.75, 3.05) is 0 Å². The predicted molar refractivity (Wildman–Crippen MR) is 110 cm³/mol. The molecule has 6 nitrogen and oxygen atoms in total. The van der Waals surface area contributed by atoms with Crippen LogP contribution in [0.4, 0.5) is 0 Å². The van der Waals surface area contributed by atoms with E-state index in [2.05, 4.69) is 29.9 Å². The number of aromatic amines is 1. The molecule has 1 spiro atoms. The first-order valence-corrected chi connectivity index (χ1v) is 10.9. The zero-order chi connectivity index (χ0) is 20.9. The standard InChI is InChI=1S/C24H26N2O4/c1-22(7-6-19-25-15-4-3-13(21(28)29)9-16(15)26-19)18(27)5-8-24-11-14-10-17(20(22)24)30-23(14,2)12-24/h3-5,8-9,14,17,20H,6-7,10-12H2,1-2H3,(H,25,26)(H,28,29)/t14?,17-,20-,22+,23-,24-/m0/s1. The number of aromatic nitrogens is 2. The minimum atomic E-state index is -0.954. The number of imidazole rings is 1. The van der Waals surface area contributed by atoms with Crippen LogP contribution in [0.25, 0.3) is 11.0 Å². The van der Waals surface area contributed by atoms with Crippen molar-refractivity contribution in [1.82, 2.24) is 9.97 Å². The number of carboxylic acids is 1. The van der Waals surface area contributed by atoms with E-state index in [9.17, 15) is 14.7 Å². The molecule has 5 aliphatic rings. The summed E-state index contributed by atoms with van der Waals surface area (Å²) in [6, 6.07) is 4.91. The van der Waals surface area contributed by atoms with E-state index in [-0.39, 0.29) is 34.4 Å². The highest BCUT2D eigenvalue weighted by atomic mass is 16.5. The van der Waals surface area contributed by atoms with Crippen LogP contribution in [0.15, 0.2) is 30.4 Å². The van der Waals surface area contributed by atoms with Crippen molar-refractivity contribution < 1.29 is 19.4 Å². The fourth-order valence-corrected chi connectivity index (χ4v) is 7.33. The van der Waals surface area contributed by atoms with Crippen LogP contribution in [-0.2, 0) is 16.0 Å². The van der Waals surface area contributed by atoms with Crippen LogP contribution in [-0.4, -0.2) is 38.5 Å². The largest absolute Gasteiger partial charge is 0.478 e. The Labute approximate surface area is 174 Å². The summed E-state index contributed by atoms with van der Waals surface area (Å²) in [5.41, 5.74) is 1.31. The molecule has 6 heteroatoms. The molecule has 4 fully saturated rings. The molecule has 0 amide bonds. The average Bonchev–Trinajstić information content (AvgIpc) is 3.27. The fourth-order valence-electron chi connectivity index (χ4n) is 7.33. The van der Waals surface area contributed by atoms with Gasteiger partial charge in [-0.15, -0.1) is 0 Å².